The molecule has 3 rings (SSSR count). The largest absolute Gasteiger partial charge is 0.490 e. The highest BCUT2D eigenvalue weighted by molar-refractivity contribution is 7.66. The van der Waals surface area contributed by atoms with Crippen LogP contribution in [0.2, 0.25) is 0 Å². The van der Waals surface area contributed by atoms with Gasteiger partial charge < -0.3 is 44.0 Å². The molecule has 0 bridgehead atoms. The van der Waals surface area contributed by atoms with Crippen molar-refractivity contribution >= 4 is 23.5 Å². The summed E-state index contributed by atoms with van der Waals surface area (Å²) in [5.41, 5.74) is -1.48. The summed E-state index contributed by atoms with van der Waals surface area (Å²) < 4.78 is 63.9. The molecule has 1 aromatic heterocycles. The van der Waals surface area contributed by atoms with E-state index in [0.29, 0.717) is 0 Å². The summed E-state index contributed by atoms with van der Waals surface area (Å²) in [5.74, 6) is 0. The van der Waals surface area contributed by atoms with Crippen LogP contribution in [-0.4, -0.2) is 83.3 Å². The predicted octanol–water partition coefficient (Wildman–Crippen LogP) is -2.06. The van der Waals surface area contributed by atoms with Gasteiger partial charge in [0.1, 0.15) is 30.6 Å². The van der Waals surface area contributed by atoms with Crippen LogP contribution >= 0.6 is 23.5 Å². The summed E-state index contributed by atoms with van der Waals surface area (Å²) in [6.45, 7) is 0.595. The van der Waals surface area contributed by atoms with Crippen molar-refractivity contribution < 1.29 is 70.8 Å². The Balaban J connectivity index is 1.80. The molecule has 0 aromatic carbocycles. The molecule has 0 saturated carbocycles. The third-order valence-electron chi connectivity index (χ3n) is 4.85. The molecule has 22 heteroatoms. The Morgan fingerprint density at radius 3 is 2.36 bits per heavy atom. The zero-order chi connectivity index (χ0) is 27.1. The van der Waals surface area contributed by atoms with Gasteiger partial charge in [-0.2, -0.15) is 8.62 Å². The number of H-pyrrole nitrogens is 1. The SMILES string of the molecule is Cc1cn([C@H]2C[C@H](OP(=O)(O)OP(=O)(O)OP(=O)(O)O)[C@@H](CO[C@@H]3OC[C@H](O)[C@H]3O)O2)c(=O)[nH]c1=O. The number of hydrogen-bond acceptors (Lipinski definition) is 13. The Hall–Kier alpha value is -1.11. The minimum absolute atomic E-state index is 0.110. The van der Waals surface area contributed by atoms with Crippen molar-refractivity contribution in [2.75, 3.05) is 13.2 Å². The number of nitrogens with one attached hydrogen (secondary N) is 1. The van der Waals surface area contributed by atoms with Gasteiger partial charge >= 0.3 is 29.2 Å². The smallest absolute Gasteiger partial charge is 0.388 e. The second kappa shape index (κ2) is 10.9. The fraction of sp³-hybridized carbons (Fsp3) is 0.714. The number of aryl methyl sites for hydroxylation is 1. The van der Waals surface area contributed by atoms with Crippen LogP contribution in [0, 0.1) is 6.92 Å². The Bertz CT molecular complexity index is 1210. The number of rotatable bonds is 10. The van der Waals surface area contributed by atoms with Crippen molar-refractivity contribution in [2.24, 2.45) is 0 Å². The van der Waals surface area contributed by atoms with E-state index in [2.05, 4.69) is 8.62 Å². The zero-order valence-electron chi connectivity index (χ0n) is 18.1. The topological polar surface area (TPSA) is 283 Å². The van der Waals surface area contributed by atoms with Crippen LogP contribution in [0.3, 0.4) is 0 Å². The number of aromatic nitrogens is 2. The summed E-state index contributed by atoms with van der Waals surface area (Å²) in [7, 11) is -17.0. The van der Waals surface area contributed by atoms with Crippen LogP contribution < -0.4 is 11.2 Å². The third kappa shape index (κ3) is 7.70. The summed E-state index contributed by atoms with van der Waals surface area (Å²) in [6.07, 6.45) is -7.40. The van der Waals surface area contributed by atoms with Gasteiger partial charge in [-0.15, -0.1) is 0 Å². The molecule has 3 heterocycles. The minimum atomic E-state index is -5.80. The highest BCUT2D eigenvalue weighted by atomic mass is 31.3. The number of phosphoric acid groups is 3. The molecular weight excluding hydrogens is 561 g/mol. The summed E-state index contributed by atoms with van der Waals surface area (Å²) in [5, 5.41) is 19.4. The lowest BCUT2D eigenvalue weighted by molar-refractivity contribution is -0.178. The van der Waals surface area contributed by atoms with Crippen LogP contribution in [0.25, 0.3) is 0 Å². The first-order valence-corrected chi connectivity index (χ1v) is 14.4. The van der Waals surface area contributed by atoms with Crippen LogP contribution in [0.5, 0.6) is 0 Å². The maximum absolute atomic E-state index is 12.3. The van der Waals surface area contributed by atoms with Gasteiger partial charge in [-0.05, 0) is 6.92 Å². The molecule has 2 saturated heterocycles. The summed E-state index contributed by atoms with van der Waals surface area (Å²) >= 11 is 0. The van der Waals surface area contributed by atoms with Gasteiger partial charge in [0.25, 0.3) is 5.56 Å². The van der Waals surface area contributed by atoms with Crippen molar-refractivity contribution in [2.45, 2.75) is 50.3 Å². The number of phosphoric ester groups is 1. The van der Waals surface area contributed by atoms with Crippen LogP contribution in [0.15, 0.2) is 15.8 Å². The minimum Gasteiger partial charge on any atom is -0.388 e. The van der Waals surface area contributed by atoms with Crippen LogP contribution in [0.1, 0.15) is 18.2 Å². The molecule has 2 unspecified atom stereocenters. The highest BCUT2D eigenvalue weighted by Crippen LogP contribution is 2.67. The summed E-state index contributed by atoms with van der Waals surface area (Å²) in [4.78, 5) is 62.4. The Morgan fingerprint density at radius 1 is 1.11 bits per heavy atom. The van der Waals surface area contributed by atoms with Gasteiger partial charge in [-0.25, -0.2) is 18.5 Å². The van der Waals surface area contributed by atoms with Crippen molar-refractivity contribution in [3.05, 3.63) is 32.6 Å². The number of hydrogen-bond donors (Lipinski definition) is 7. The standard InChI is InChI=1S/C14H23N2O17P3/c1-6-3-16(14(20)15-12(6)19)10-2-8(9(30-10)5-29-13-11(18)7(17)4-28-13)31-35(24,25)33-36(26,27)32-34(21,22)23/h3,7-11,13,17-18H,2,4-5H2,1H3,(H,24,25)(H,26,27)(H,15,19,20)(H2,21,22,23)/t7-,8-,9+,10+,11+,13-/m0/s1. The number of aliphatic hydroxyl groups excluding tert-OH is 2. The Morgan fingerprint density at radius 2 is 1.78 bits per heavy atom. The molecule has 0 aliphatic carbocycles. The Kier molecular flexibility index (Phi) is 8.95. The molecule has 2 aliphatic rings. The van der Waals surface area contributed by atoms with Gasteiger partial charge in [0.15, 0.2) is 6.29 Å². The van der Waals surface area contributed by atoms with Crippen molar-refractivity contribution in [1.29, 1.82) is 0 Å². The molecule has 0 radical (unpaired) electrons. The second-order valence-corrected chi connectivity index (χ2v) is 12.0. The molecule has 0 amide bonds. The molecule has 19 nitrogen and oxygen atoms in total. The van der Waals surface area contributed by atoms with E-state index in [9.17, 15) is 43.3 Å². The monoisotopic (exact) mass is 584 g/mol. The maximum atomic E-state index is 12.3. The van der Waals surface area contributed by atoms with E-state index in [-0.39, 0.29) is 12.2 Å². The fourth-order valence-corrected chi connectivity index (χ4v) is 6.53. The van der Waals surface area contributed by atoms with Gasteiger partial charge in [0, 0.05) is 18.2 Å². The van der Waals surface area contributed by atoms with Gasteiger partial charge in [0.05, 0.1) is 13.2 Å². The van der Waals surface area contributed by atoms with Gasteiger partial charge in [-0.1, -0.05) is 0 Å². The number of aliphatic hydroxyl groups is 2. The summed E-state index contributed by atoms with van der Waals surface area (Å²) in [6, 6.07) is 0. The maximum Gasteiger partial charge on any atom is 0.490 e. The third-order valence-corrected chi connectivity index (χ3v) is 8.71. The molecule has 1 aromatic rings. The molecule has 36 heavy (non-hydrogen) atoms. The van der Waals surface area contributed by atoms with E-state index in [1.807, 2.05) is 4.98 Å². The first-order valence-electron chi connectivity index (χ1n) is 9.85. The molecule has 0 spiro atoms. The van der Waals surface area contributed by atoms with Crippen LogP contribution in [-0.2, 0) is 41.1 Å². The van der Waals surface area contributed by atoms with Crippen LogP contribution in [0.4, 0.5) is 0 Å². The predicted molar refractivity (Wildman–Crippen MR) is 111 cm³/mol. The van der Waals surface area contributed by atoms with E-state index >= 15 is 0 Å². The first-order chi connectivity index (χ1) is 16.5. The number of aromatic amines is 1. The quantitative estimate of drug-likeness (QED) is 0.146. The molecule has 206 valence electrons. The average Bonchev–Trinajstić information content (AvgIpc) is 3.23. The van der Waals surface area contributed by atoms with E-state index in [0.717, 1.165) is 10.8 Å². The van der Waals surface area contributed by atoms with E-state index in [1.165, 1.54) is 6.92 Å². The number of nitrogens with zero attached hydrogens (tertiary/aromatic N) is 1. The van der Waals surface area contributed by atoms with Crippen molar-refractivity contribution in [3.63, 3.8) is 0 Å². The van der Waals surface area contributed by atoms with Crippen molar-refractivity contribution in [1.82, 2.24) is 9.55 Å². The highest BCUT2D eigenvalue weighted by Gasteiger charge is 2.47. The molecule has 2 aliphatic heterocycles. The first kappa shape index (κ1) is 29.4. The van der Waals surface area contributed by atoms with Gasteiger partial charge in [0.2, 0.25) is 0 Å². The lowest BCUT2D eigenvalue weighted by Gasteiger charge is -2.24. The lowest BCUT2D eigenvalue weighted by atomic mass is 10.2. The molecule has 8 atom stereocenters. The van der Waals surface area contributed by atoms with E-state index in [4.69, 9.17) is 28.5 Å². The normalized spacial score (nSPS) is 32.3. The molecule has 2 fully saturated rings. The Labute approximate surface area is 200 Å². The van der Waals surface area contributed by atoms with E-state index in [1.54, 1.807) is 0 Å². The molecule has 7 N–H and O–H groups in total. The van der Waals surface area contributed by atoms with Crippen molar-refractivity contribution in [3.8, 4) is 0 Å². The fourth-order valence-electron chi connectivity index (χ4n) is 3.31. The van der Waals surface area contributed by atoms with E-state index < -0.39 is 84.7 Å². The molecular formula is C14H23N2O17P3. The number of ether oxygens (including phenoxy) is 3. The average molecular weight is 584 g/mol. The van der Waals surface area contributed by atoms with Gasteiger partial charge in [-0.3, -0.25) is 18.9 Å². The zero-order valence-corrected chi connectivity index (χ0v) is 20.8. The lowest BCUT2D eigenvalue weighted by Crippen LogP contribution is -2.36. The second-order valence-electron chi connectivity index (χ2n) is 7.67.